The van der Waals surface area contributed by atoms with E-state index in [1.54, 1.807) is 0 Å². The third-order valence-electron chi connectivity index (χ3n) is 4.11. The van der Waals surface area contributed by atoms with Crippen LogP contribution in [-0.2, 0) is 0 Å². The van der Waals surface area contributed by atoms with Crippen LogP contribution in [0.3, 0.4) is 0 Å². The third-order valence-corrected chi connectivity index (χ3v) is 6.15. The molecule has 0 unspecified atom stereocenters. The Morgan fingerprint density at radius 1 is 0.818 bits per heavy atom. The number of hydrogen-bond acceptors (Lipinski definition) is 1. The van der Waals surface area contributed by atoms with Crippen molar-refractivity contribution in [3.63, 3.8) is 0 Å². The van der Waals surface area contributed by atoms with E-state index in [0.29, 0.717) is 0 Å². The Morgan fingerprint density at radius 3 is 2.23 bits per heavy atom. The summed E-state index contributed by atoms with van der Waals surface area (Å²) in [6.45, 7) is 6.89. The van der Waals surface area contributed by atoms with Crippen LogP contribution in [0.4, 0.5) is 0 Å². The first kappa shape index (κ1) is 14.7. The minimum absolute atomic E-state index is 0.787. The molecule has 0 bridgehead atoms. The number of rotatable bonds is 3. The largest absolute Gasteiger partial charge is 0.298 e. The van der Waals surface area contributed by atoms with Gasteiger partial charge in [0.2, 0.25) is 0 Å². The van der Waals surface area contributed by atoms with Crippen molar-refractivity contribution in [2.24, 2.45) is 0 Å². The SMILES string of the molecule is C[Si](C)(C)c1ccc(-c2ccc3ccccc3c2)c(C=O)c1. The third kappa shape index (κ3) is 2.74. The van der Waals surface area contributed by atoms with Gasteiger partial charge < -0.3 is 0 Å². The van der Waals surface area contributed by atoms with Gasteiger partial charge in [0.15, 0.2) is 6.29 Å². The Hall–Kier alpha value is -2.19. The summed E-state index contributed by atoms with van der Waals surface area (Å²) in [5.41, 5.74) is 2.90. The summed E-state index contributed by atoms with van der Waals surface area (Å²) in [4.78, 5) is 11.6. The highest BCUT2D eigenvalue weighted by molar-refractivity contribution is 6.88. The van der Waals surface area contributed by atoms with Crippen molar-refractivity contribution in [1.29, 1.82) is 0 Å². The first-order chi connectivity index (χ1) is 10.5. The maximum Gasteiger partial charge on any atom is 0.150 e. The molecule has 0 saturated carbocycles. The zero-order valence-electron chi connectivity index (χ0n) is 13.3. The molecule has 0 radical (unpaired) electrons. The number of benzene rings is 3. The van der Waals surface area contributed by atoms with E-state index in [1.807, 2.05) is 12.1 Å². The first-order valence-corrected chi connectivity index (χ1v) is 11.1. The molecule has 3 aromatic carbocycles. The lowest BCUT2D eigenvalue weighted by molar-refractivity contribution is 0.112. The van der Waals surface area contributed by atoms with E-state index in [9.17, 15) is 4.79 Å². The molecular weight excluding hydrogens is 284 g/mol. The smallest absolute Gasteiger partial charge is 0.150 e. The van der Waals surface area contributed by atoms with Gasteiger partial charge in [0.25, 0.3) is 0 Å². The molecule has 0 saturated heterocycles. The van der Waals surface area contributed by atoms with E-state index in [0.717, 1.165) is 23.0 Å². The predicted molar refractivity (Wildman–Crippen MR) is 97.8 cm³/mol. The molecule has 0 aliphatic carbocycles. The molecule has 0 aliphatic heterocycles. The average Bonchev–Trinajstić information content (AvgIpc) is 2.53. The zero-order chi connectivity index (χ0) is 15.7. The Kier molecular flexibility index (Phi) is 3.71. The quantitative estimate of drug-likeness (QED) is 0.498. The lowest BCUT2D eigenvalue weighted by Crippen LogP contribution is -2.37. The van der Waals surface area contributed by atoms with Crippen molar-refractivity contribution in [3.8, 4) is 11.1 Å². The van der Waals surface area contributed by atoms with E-state index in [4.69, 9.17) is 0 Å². The molecule has 0 spiro atoms. The molecule has 0 fully saturated rings. The minimum atomic E-state index is -1.41. The molecule has 0 atom stereocenters. The fraction of sp³-hybridized carbons (Fsp3) is 0.150. The van der Waals surface area contributed by atoms with Crippen LogP contribution < -0.4 is 5.19 Å². The zero-order valence-corrected chi connectivity index (χ0v) is 14.3. The number of carbonyl (C=O) groups excluding carboxylic acids is 1. The molecule has 3 aromatic rings. The van der Waals surface area contributed by atoms with Gasteiger partial charge in [0.1, 0.15) is 0 Å². The second-order valence-corrected chi connectivity index (χ2v) is 11.8. The molecule has 0 aliphatic rings. The second kappa shape index (κ2) is 5.54. The lowest BCUT2D eigenvalue weighted by atomic mass is 9.98. The number of hydrogen-bond donors (Lipinski definition) is 0. The van der Waals surface area contributed by atoms with E-state index >= 15 is 0 Å². The van der Waals surface area contributed by atoms with Crippen LogP contribution in [0.25, 0.3) is 21.9 Å². The molecule has 0 N–H and O–H groups in total. The normalized spacial score (nSPS) is 11.6. The van der Waals surface area contributed by atoms with Gasteiger partial charge in [-0.1, -0.05) is 79.4 Å². The highest BCUT2D eigenvalue weighted by Crippen LogP contribution is 2.26. The van der Waals surface area contributed by atoms with Crippen LogP contribution in [0.15, 0.2) is 60.7 Å². The highest BCUT2D eigenvalue weighted by atomic mass is 28.3. The van der Waals surface area contributed by atoms with E-state index < -0.39 is 8.07 Å². The van der Waals surface area contributed by atoms with Gasteiger partial charge in [-0.2, -0.15) is 0 Å². The van der Waals surface area contributed by atoms with Crippen LogP contribution in [0.2, 0.25) is 19.6 Å². The summed E-state index contributed by atoms with van der Waals surface area (Å²) in [5.74, 6) is 0. The van der Waals surface area contributed by atoms with Crippen LogP contribution in [0.5, 0.6) is 0 Å². The number of aldehydes is 1. The van der Waals surface area contributed by atoms with Gasteiger partial charge in [-0.15, -0.1) is 0 Å². The molecule has 0 aromatic heterocycles. The fourth-order valence-electron chi connectivity index (χ4n) is 2.75. The molecule has 0 amide bonds. The first-order valence-electron chi connectivity index (χ1n) is 7.58. The highest BCUT2D eigenvalue weighted by Gasteiger charge is 2.18. The van der Waals surface area contributed by atoms with Gasteiger partial charge in [-0.05, 0) is 28.0 Å². The minimum Gasteiger partial charge on any atom is -0.298 e. The Labute approximate surface area is 132 Å². The van der Waals surface area contributed by atoms with Crippen molar-refractivity contribution < 1.29 is 4.79 Å². The summed E-state index contributed by atoms with van der Waals surface area (Å²) in [7, 11) is -1.41. The van der Waals surface area contributed by atoms with Crippen LogP contribution in [0.1, 0.15) is 10.4 Å². The second-order valence-electron chi connectivity index (χ2n) is 6.73. The van der Waals surface area contributed by atoms with Gasteiger partial charge in [0.05, 0.1) is 8.07 Å². The topological polar surface area (TPSA) is 17.1 Å². The Balaban J connectivity index is 2.15. The molecule has 3 rings (SSSR count). The molecule has 2 heteroatoms. The molecule has 0 heterocycles. The van der Waals surface area contributed by atoms with Crippen molar-refractivity contribution in [2.45, 2.75) is 19.6 Å². The average molecular weight is 304 g/mol. The lowest BCUT2D eigenvalue weighted by Gasteiger charge is -2.18. The molecule has 22 heavy (non-hydrogen) atoms. The van der Waals surface area contributed by atoms with Crippen molar-refractivity contribution in [3.05, 3.63) is 66.2 Å². The maximum atomic E-state index is 11.6. The van der Waals surface area contributed by atoms with Crippen molar-refractivity contribution in [2.75, 3.05) is 0 Å². The van der Waals surface area contributed by atoms with Crippen molar-refractivity contribution in [1.82, 2.24) is 0 Å². The Bertz CT molecular complexity index is 844. The van der Waals surface area contributed by atoms with Crippen molar-refractivity contribution >= 4 is 30.3 Å². The molecular formula is C20H20OSi. The molecule has 1 nitrogen and oxygen atoms in total. The summed E-state index contributed by atoms with van der Waals surface area (Å²) in [5, 5.41) is 3.74. The Morgan fingerprint density at radius 2 is 1.55 bits per heavy atom. The van der Waals surface area contributed by atoms with E-state index in [-0.39, 0.29) is 0 Å². The number of fused-ring (bicyclic) bond motifs is 1. The van der Waals surface area contributed by atoms with E-state index in [1.165, 1.54) is 16.0 Å². The maximum absolute atomic E-state index is 11.6. The fourth-order valence-corrected chi connectivity index (χ4v) is 3.92. The summed E-state index contributed by atoms with van der Waals surface area (Å²) >= 11 is 0. The van der Waals surface area contributed by atoms with Crippen LogP contribution in [0, 0.1) is 0 Å². The summed E-state index contributed by atoms with van der Waals surface area (Å²) < 4.78 is 0. The standard InChI is InChI=1S/C20H20OSi/c1-22(2,3)19-10-11-20(18(13-19)14-21)17-9-8-15-6-4-5-7-16(15)12-17/h4-14H,1-3H3. The van der Waals surface area contributed by atoms with Crippen LogP contribution in [-0.4, -0.2) is 14.4 Å². The van der Waals surface area contributed by atoms with E-state index in [2.05, 4.69) is 68.2 Å². The van der Waals surface area contributed by atoms with Gasteiger partial charge >= 0.3 is 0 Å². The summed E-state index contributed by atoms with van der Waals surface area (Å²) in [6, 6.07) is 21.0. The number of carbonyl (C=O) groups is 1. The van der Waals surface area contributed by atoms with Crippen LogP contribution >= 0.6 is 0 Å². The van der Waals surface area contributed by atoms with Gasteiger partial charge in [-0.3, -0.25) is 4.79 Å². The monoisotopic (exact) mass is 304 g/mol. The van der Waals surface area contributed by atoms with Gasteiger partial charge in [-0.25, -0.2) is 0 Å². The molecule has 110 valence electrons. The van der Waals surface area contributed by atoms with Gasteiger partial charge in [0, 0.05) is 5.56 Å². The summed E-state index contributed by atoms with van der Waals surface area (Å²) in [6.07, 6.45) is 0.980. The predicted octanol–water partition coefficient (Wildman–Crippen LogP) is 4.86.